The summed E-state index contributed by atoms with van der Waals surface area (Å²) in [6, 6.07) is 13.9. The van der Waals surface area contributed by atoms with Gasteiger partial charge >= 0.3 is 23.8 Å². The van der Waals surface area contributed by atoms with Gasteiger partial charge in [0.2, 0.25) is 0 Å². The Kier molecular flexibility index (Phi) is 9.48. The first kappa shape index (κ1) is 27.9. The minimum Gasteiger partial charge on any atom is -0.479 e. The Hall–Kier alpha value is -3.63. The van der Waals surface area contributed by atoms with Gasteiger partial charge in [-0.15, -0.1) is 0 Å². The van der Waals surface area contributed by atoms with Gasteiger partial charge in [-0.2, -0.15) is 0 Å². The molecule has 0 bridgehead atoms. The number of carboxylic acids is 1. The number of urea groups is 1. The van der Waals surface area contributed by atoms with Crippen LogP contribution < -0.4 is 5.32 Å². The van der Waals surface area contributed by atoms with Crippen molar-refractivity contribution in [2.24, 2.45) is 0 Å². The predicted octanol–water partition coefficient (Wildman–Crippen LogP) is 1.70. The van der Waals surface area contributed by atoms with Gasteiger partial charge in [0.05, 0.1) is 0 Å². The number of carbonyl (C=O) groups excluding carboxylic acids is 3. The molecule has 0 radical (unpaired) electrons. The van der Waals surface area contributed by atoms with Crippen molar-refractivity contribution in [3.63, 3.8) is 0 Å². The molecular formula is C26H31ClN4O6. The largest absolute Gasteiger partial charge is 0.479 e. The van der Waals surface area contributed by atoms with E-state index in [9.17, 15) is 24.3 Å². The minimum absolute atomic E-state index is 0.166. The van der Waals surface area contributed by atoms with Crippen molar-refractivity contribution in [3.05, 3.63) is 59.1 Å². The Labute approximate surface area is 220 Å². The Bertz CT molecular complexity index is 1130. The molecule has 0 aromatic heterocycles. The number of aliphatic carboxylic acids is 1. The number of benzene rings is 2. The Balaban J connectivity index is 1.65. The van der Waals surface area contributed by atoms with Crippen LogP contribution in [-0.2, 0) is 20.8 Å². The molecule has 0 unspecified atom stereocenters. The van der Waals surface area contributed by atoms with Gasteiger partial charge in [-0.25, -0.2) is 9.59 Å². The molecule has 3 N–H and O–H groups in total. The van der Waals surface area contributed by atoms with Crippen LogP contribution in [0.3, 0.4) is 0 Å². The number of halogens is 1. The van der Waals surface area contributed by atoms with E-state index in [0.29, 0.717) is 18.1 Å². The molecule has 1 fully saturated rings. The zero-order chi connectivity index (χ0) is 27.1. The van der Waals surface area contributed by atoms with Crippen molar-refractivity contribution in [1.29, 1.82) is 0 Å². The van der Waals surface area contributed by atoms with Crippen LogP contribution >= 0.6 is 11.6 Å². The first-order chi connectivity index (χ1) is 17.5. The summed E-state index contributed by atoms with van der Waals surface area (Å²) in [6.45, 7) is 1.02. The molecule has 2 aromatic rings. The Morgan fingerprint density at radius 1 is 0.973 bits per heavy atom. The SMILES string of the molecule is CN(C)C(=O)N1CCN(C(=O)C(=O)N[C@H](Cc2ccc(-c3cccc(Cl)c3)cc2)C[C@@H](O)C(=O)O)CC1. The van der Waals surface area contributed by atoms with E-state index in [1.807, 2.05) is 42.5 Å². The van der Waals surface area contributed by atoms with Crippen LogP contribution in [0.4, 0.5) is 4.79 Å². The van der Waals surface area contributed by atoms with Crippen LogP contribution in [0.15, 0.2) is 48.5 Å². The fourth-order valence-corrected chi connectivity index (χ4v) is 4.31. The van der Waals surface area contributed by atoms with Crippen molar-refractivity contribution in [2.45, 2.75) is 25.0 Å². The second-order valence-electron chi connectivity index (χ2n) is 9.13. The molecule has 0 aliphatic carbocycles. The quantitative estimate of drug-likeness (QED) is 0.467. The van der Waals surface area contributed by atoms with E-state index in [1.54, 1.807) is 25.1 Å². The normalized spacial score (nSPS) is 15.0. The first-order valence-electron chi connectivity index (χ1n) is 11.9. The van der Waals surface area contributed by atoms with Gasteiger partial charge in [-0.1, -0.05) is 48.0 Å². The number of nitrogens with zero attached hydrogens (tertiary/aromatic N) is 3. The molecule has 37 heavy (non-hydrogen) atoms. The average Bonchev–Trinajstić information content (AvgIpc) is 2.88. The summed E-state index contributed by atoms with van der Waals surface area (Å²) < 4.78 is 0. The maximum atomic E-state index is 12.8. The van der Waals surface area contributed by atoms with Crippen molar-refractivity contribution in [1.82, 2.24) is 20.0 Å². The van der Waals surface area contributed by atoms with Gasteiger partial charge in [-0.3, -0.25) is 9.59 Å². The molecule has 1 aliphatic rings. The Morgan fingerprint density at radius 3 is 2.16 bits per heavy atom. The molecule has 2 atom stereocenters. The summed E-state index contributed by atoms with van der Waals surface area (Å²) in [5, 5.41) is 22.3. The maximum Gasteiger partial charge on any atom is 0.332 e. The van der Waals surface area contributed by atoms with Crippen LogP contribution in [0.25, 0.3) is 11.1 Å². The van der Waals surface area contributed by atoms with Crippen molar-refractivity contribution in [3.8, 4) is 11.1 Å². The summed E-state index contributed by atoms with van der Waals surface area (Å²) in [5.74, 6) is -3.06. The third kappa shape index (κ3) is 7.68. The number of hydrogen-bond donors (Lipinski definition) is 3. The highest BCUT2D eigenvalue weighted by Gasteiger charge is 2.30. The third-order valence-electron chi connectivity index (χ3n) is 6.14. The van der Waals surface area contributed by atoms with E-state index in [1.165, 1.54) is 9.80 Å². The van der Waals surface area contributed by atoms with E-state index in [-0.39, 0.29) is 32.0 Å². The number of carbonyl (C=O) groups is 4. The molecule has 10 nitrogen and oxygen atoms in total. The number of aliphatic hydroxyl groups is 1. The van der Waals surface area contributed by atoms with E-state index >= 15 is 0 Å². The van der Waals surface area contributed by atoms with Gasteiger partial charge < -0.3 is 30.2 Å². The van der Waals surface area contributed by atoms with Crippen LogP contribution in [0, 0.1) is 0 Å². The number of piperazine rings is 1. The van der Waals surface area contributed by atoms with E-state index in [2.05, 4.69) is 5.32 Å². The molecule has 198 valence electrons. The third-order valence-corrected chi connectivity index (χ3v) is 6.37. The molecule has 2 aromatic carbocycles. The fraction of sp³-hybridized carbons (Fsp3) is 0.385. The minimum atomic E-state index is -1.70. The average molecular weight is 531 g/mol. The number of rotatable bonds is 7. The number of amides is 4. The molecule has 11 heteroatoms. The zero-order valence-electron chi connectivity index (χ0n) is 20.8. The second-order valence-corrected chi connectivity index (χ2v) is 9.56. The topological polar surface area (TPSA) is 130 Å². The van der Waals surface area contributed by atoms with Gasteiger partial charge in [0.15, 0.2) is 6.10 Å². The highest BCUT2D eigenvalue weighted by molar-refractivity contribution is 6.35. The lowest BCUT2D eigenvalue weighted by molar-refractivity contribution is -0.149. The summed E-state index contributed by atoms with van der Waals surface area (Å²) in [6.07, 6.45) is -1.76. The van der Waals surface area contributed by atoms with E-state index in [4.69, 9.17) is 16.7 Å². The predicted molar refractivity (Wildman–Crippen MR) is 138 cm³/mol. The lowest BCUT2D eigenvalue weighted by atomic mass is 9.97. The number of carboxylic acid groups (broad SMARTS) is 1. The molecule has 0 spiro atoms. The molecule has 1 heterocycles. The van der Waals surface area contributed by atoms with Gasteiger partial charge in [0, 0.05) is 57.8 Å². The lowest BCUT2D eigenvalue weighted by Gasteiger charge is -2.35. The monoisotopic (exact) mass is 530 g/mol. The summed E-state index contributed by atoms with van der Waals surface area (Å²) in [5.41, 5.74) is 2.65. The van der Waals surface area contributed by atoms with Crippen LogP contribution in [-0.4, -0.2) is 101 Å². The van der Waals surface area contributed by atoms with E-state index in [0.717, 1.165) is 16.7 Å². The maximum absolute atomic E-state index is 12.8. The van der Waals surface area contributed by atoms with Gasteiger partial charge in [0.25, 0.3) is 0 Å². The number of hydrogen-bond acceptors (Lipinski definition) is 5. The zero-order valence-corrected chi connectivity index (χ0v) is 21.5. The van der Waals surface area contributed by atoms with Crippen molar-refractivity contribution < 1.29 is 29.4 Å². The highest BCUT2D eigenvalue weighted by Crippen LogP contribution is 2.23. The van der Waals surface area contributed by atoms with Crippen LogP contribution in [0.1, 0.15) is 12.0 Å². The first-order valence-corrected chi connectivity index (χ1v) is 12.2. The lowest BCUT2D eigenvalue weighted by Crippen LogP contribution is -2.56. The Morgan fingerprint density at radius 2 is 1.59 bits per heavy atom. The fourth-order valence-electron chi connectivity index (χ4n) is 4.12. The summed E-state index contributed by atoms with van der Waals surface area (Å²) in [4.78, 5) is 53.2. The van der Waals surface area contributed by atoms with Gasteiger partial charge in [0.1, 0.15) is 0 Å². The molecule has 4 amide bonds. The molecule has 1 aliphatic heterocycles. The standard InChI is InChI=1S/C26H31ClN4O6/c1-29(2)26(37)31-12-10-30(11-13-31)24(34)23(33)28-21(16-22(32)25(35)36)14-17-6-8-18(9-7-17)19-4-3-5-20(27)15-19/h3-9,15,21-22,32H,10-14,16H2,1-2H3,(H,28,33)(H,35,36)/t21-,22-/m1/s1. The second kappa shape index (κ2) is 12.6. The molecular weight excluding hydrogens is 500 g/mol. The smallest absolute Gasteiger partial charge is 0.332 e. The highest BCUT2D eigenvalue weighted by atomic mass is 35.5. The number of aliphatic hydroxyl groups excluding tert-OH is 1. The molecule has 0 saturated carbocycles. The van der Waals surface area contributed by atoms with Gasteiger partial charge in [-0.05, 0) is 35.2 Å². The summed E-state index contributed by atoms with van der Waals surface area (Å²) in [7, 11) is 3.29. The summed E-state index contributed by atoms with van der Waals surface area (Å²) >= 11 is 6.07. The number of nitrogens with one attached hydrogen (secondary N) is 1. The van der Waals surface area contributed by atoms with Crippen LogP contribution in [0.2, 0.25) is 5.02 Å². The molecule has 3 rings (SSSR count). The molecule has 1 saturated heterocycles. The van der Waals surface area contributed by atoms with Crippen molar-refractivity contribution >= 4 is 35.4 Å². The van der Waals surface area contributed by atoms with Crippen molar-refractivity contribution in [2.75, 3.05) is 40.3 Å². The van der Waals surface area contributed by atoms with E-state index < -0.39 is 29.9 Å². The van der Waals surface area contributed by atoms with Crippen LogP contribution in [0.5, 0.6) is 0 Å².